The SMILES string of the molecule is CC1CCC(NC(=O)CN2C(=O)C3CCCN3C2=O)CC1. The molecule has 4 amide bonds. The molecule has 6 nitrogen and oxygen atoms in total. The van der Waals surface area contributed by atoms with Gasteiger partial charge in [-0.3, -0.25) is 14.5 Å². The molecule has 3 aliphatic rings. The number of rotatable bonds is 3. The minimum atomic E-state index is -0.319. The third kappa shape index (κ3) is 2.76. The van der Waals surface area contributed by atoms with Crippen molar-refractivity contribution in [2.24, 2.45) is 5.92 Å². The van der Waals surface area contributed by atoms with Crippen LogP contribution in [0.25, 0.3) is 0 Å². The number of carbonyl (C=O) groups excluding carboxylic acids is 3. The molecule has 1 atom stereocenters. The number of carbonyl (C=O) groups is 3. The predicted molar refractivity (Wildman–Crippen MR) is 76.4 cm³/mol. The molecule has 116 valence electrons. The molecule has 0 spiro atoms. The first-order chi connectivity index (χ1) is 10.1. The molecule has 3 rings (SSSR count). The molecule has 0 aromatic heterocycles. The van der Waals surface area contributed by atoms with Crippen molar-refractivity contribution in [3.05, 3.63) is 0 Å². The molecule has 0 radical (unpaired) electrons. The van der Waals surface area contributed by atoms with Crippen LogP contribution in [0.5, 0.6) is 0 Å². The van der Waals surface area contributed by atoms with Crippen LogP contribution in [-0.2, 0) is 9.59 Å². The largest absolute Gasteiger partial charge is 0.352 e. The summed E-state index contributed by atoms with van der Waals surface area (Å²) < 4.78 is 0. The summed E-state index contributed by atoms with van der Waals surface area (Å²) in [7, 11) is 0. The van der Waals surface area contributed by atoms with Gasteiger partial charge in [0.05, 0.1) is 0 Å². The van der Waals surface area contributed by atoms with Gasteiger partial charge in [0.25, 0.3) is 5.91 Å². The molecule has 0 aromatic carbocycles. The minimum absolute atomic E-state index is 0.128. The number of nitrogens with zero attached hydrogens (tertiary/aromatic N) is 2. The quantitative estimate of drug-likeness (QED) is 0.792. The van der Waals surface area contributed by atoms with Gasteiger partial charge in [0.2, 0.25) is 5.91 Å². The van der Waals surface area contributed by atoms with Crippen LogP contribution in [0.4, 0.5) is 4.79 Å². The van der Waals surface area contributed by atoms with Crippen LogP contribution in [0.15, 0.2) is 0 Å². The number of fused-ring (bicyclic) bond motifs is 1. The molecule has 0 aromatic rings. The second kappa shape index (κ2) is 5.66. The molecule has 6 heteroatoms. The normalized spacial score (nSPS) is 32.5. The van der Waals surface area contributed by atoms with Crippen LogP contribution in [0.1, 0.15) is 45.4 Å². The topological polar surface area (TPSA) is 69.7 Å². The molecule has 21 heavy (non-hydrogen) atoms. The number of amides is 4. The molecule has 1 N–H and O–H groups in total. The minimum Gasteiger partial charge on any atom is -0.352 e. The van der Waals surface area contributed by atoms with Crippen molar-refractivity contribution in [2.45, 2.75) is 57.5 Å². The molecule has 2 aliphatic heterocycles. The summed E-state index contributed by atoms with van der Waals surface area (Å²) >= 11 is 0. The average molecular weight is 293 g/mol. The second-order valence-corrected chi connectivity index (χ2v) is 6.58. The third-order valence-corrected chi connectivity index (χ3v) is 4.96. The Labute approximate surface area is 124 Å². The lowest BCUT2D eigenvalue weighted by Gasteiger charge is -2.27. The Bertz CT molecular complexity index is 435. The maximum absolute atomic E-state index is 12.2. The Morgan fingerprint density at radius 3 is 2.57 bits per heavy atom. The van der Waals surface area contributed by atoms with Gasteiger partial charge in [-0.1, -0.05) is 6.92 Å². The third-order valence-electron chi connectivity index (χ3n) is 4.96. The van der Waals surface area contributed by atoms with Gasteiger partial charge in [-0.15, -0.1) is 0 Å². The van der Waals surface area contributed by atoms with Crippen LogP contribution in [-0.4, -0.2) is 52.8 Å². The van der Waals surface area contributed by atoms with E-state index in [4.69, 9.17) is 0 Å². The molecule has 2 saturated heterocycles. The van der Waals surface area contributed by atoms with E-state index >= 15 is 0 Å². The fourth-order valence-corrected chi connectivity index (χ4v) is 3.65. The van der Waals surface area contributed by atoms with Gasteiger partial charge >= 0.3 is 6.03 Å². The summed E-state index contributed by atoms with van der Waals surface area (Å²) in [6.45, 7) is 2.73. The summed E-state index contributed by atoms with van der Waals surface area (Å²) in [6.07, 6.45) is 5.84. The zero-order chi connectivity index (χ0) is 15.0. The van der Waals surface area contributed by atoms with Gasteiger partial charge in [-0.25, -0.2) is 4.79 Å². The van der Waals surface area contributed by atoms with Crippen LogP contribution in [0.3, 0.4) is 0 Å². The van der Waals surface area contributed by atoms with Crippen LogP contribution < -0.4 is 5.32 Å². The van der Waals surface area contributed by atoms with E-state index < -0.39 is 0 Å². The Morgan fingerprint density at radius 1 is 1.19 bits per heavy atom. The molecule has 0 bridgehead atoms. The average Bonchev–Trinajstić information content (AvgIpc) is 3.02. The van der Waals surface area contributed by atoms with Crippen molar-refractivity contribution in [1.82, 2.24) is 15.1 Å². The van der Waals surface area contributed by atoms with E-state index in [2.05, 4.69) is 12.2 Å². The second-order valence-electron chi connectivity index (χ2n) is 6.58. The lowest BCUT2D eigenvalue weighted by molar-refractivity contribution is -0.132. The van der Waals surface area contributed by atoms with E-state index in [0.717, 1.165) is 49.3 Å². The first-order valence-corrected chi connectivity index (χ1v) is 7.97. The van der Waals surface area contributed by atoms with Gasteiger partial charge in [-0.05, 0) is 44.4 Å². The van der Waals surface area contributed by atoms with Crippen molar-refractivity contribution in [3.63, 3.8) is 0 Å². The first-order valence-electron chi connectivity index (χ1n) is 7.97. The summed E-state index contributed by atoms with van der Waals surface area (Å²) in [6, 6.07) is -0.419. The van der Waals surface area contributed by atoms with E-state index in [0.29, 0.717) is 6.54 Å². The highest BCUT2D eigenvalue weighted by Crippen LogP contribution is 2.27. The zero-order valence-electron chi connectivity index (χ0n) is 12.5. The van der Waals surface area contributed by atoms with E-state index in [1.807, 2.05) is 0 Å². The summed E-state index contributed by atoms with van der Waals surface area (Å²) in [5, 5.41) is 2.97. The Kier molecular flexibility index (Phi) is 3.87. The van der Waals surface area contributed by atoms with Gasteiger partial charge in [0, 0.05) is 12.6 Å². The first kappa shape index (κ1) is 14.4. The molecule has 1 aliphatic carbocycles. The van der Waals surface area contributed by atoms with Gasteiger partial charge < -0.3 is 10.2 Å². The molecule has 1 saturated carbocycles. The Morgan fingerprint density at radius 2 is 1.90 bits per heavy atom. The number of hydrogen-bond donors (Lipinski definition) is 1. The van der Waals surface area contributed by atoms with E-state index in [-0.39, 0.29) is 36.5 Å². The van der Waals surface area contributed by atoms with Gasteiger partial charge in [0.1, 0.15) is 12.6 Å². The van der Waals surface area contributed by atoms with Crippen molar-refractivity contribution < 1.29 is 14.4 Å². The van der Waals surface area contributed by atoms with Gasteiger partial charge in [-0.2, -0.15) is 0 Å². The maximum Gasteiger partial charge on any atom is 0.327 e. The fourth-order valence-electron chi connectivity index (χ4n) is 3.65. The number of hydrogen-bond acceptors (Lipinski definition) is 3. The van der Waals surface area contributed by atoms with Crippen LogP contribution in [0.2, 0.25) is 0 Å². The maximum atomic E-state index is 12.2. The van der Waals surface area contributed by atoms with Crippen molar-refractivity contribution in [3.8, 4) is 0 Å². The highest BCUT2D eigenvalue weighted by Gasteiger charge is 2.47. The van der Waals surface area contributed by atoms with Crippen molar-refractivity contribution >= 4 is 17.8 Å². The highest BCUT2D eigenvalue weighted by atomic mass is 16.2. The summed E-state index contributed by atoms with van der Waals surface area (Å²) in [5.41, 5.74) is 0. The molecule has 3 fully saturated rings. The lowest BCUT2D eigenvalue weighted by atomic mass is 9.87. The number of nitrogens with one attached hydrogen (secondary N) is 1. The van der Waals surface area contributed by atoms with Crippen molar-refractivity contribution in [1.29, 1.82) is 0 Å². The Hall–Kier alpha value is -1.59. The van der Waals surface area contributed by atoms with Crippen LogP contribution in [0, 0.1) is 5.92 Å². The van der Waals surface area contributed by atoms with E-state index in [1.54, 1.807) is 4.90 Å². The van der Waals surface area contributed by atoms with Crippen LogP contribution >= 0.6 is 0 Å². The van der Waals surface area contributed by atoms with Crippen molar-refractivity contribution in [2.75, 3.05) is 13.1 Å². The van der Waals surface area contributed by atoms with E-state index in [9.17, 15) is 14.4 Å². The molecular weight excluding hydrogens is 270 g/mol. The smallest absolute Gasteiger partial charge is 0.327 e. The predicted octanol–water partition coefficient (Wildman–Crippen LogP) is 1.11. The number of urea groups is 1. The fraction of sp³-hybridized carbons (Fsp3) is 0.800. The van der Waals surface area contributed by atoms with E-state index in [1.165, 1.54) is 0 Å². The summed E-state index contributed by atoms with van der Waals surface area (Å²) in [4.78, 5) is 39.1. The molecule has 1 unspecified atom stereocenters. The summed E-state index contributed by atoms with van der Waals surface area (Å²) in [5.74, 6) is 0.314. The highest BCUT2D eigenvalue weighted by molar-refractivity contribution is 6.06. The lowest BCUT2D eigenvalue weighted by Crippen LogP contribution is -2.45. The molecule has 2 heterocycles. The zero-order valence-corrected chi connectivity index (χ0v) is 12.5. The Balaban J connectivity index is 1.53. The molecular formula is C15H23N3O3. The monoisotopic (exact) mass is 293 g/mol. The van der Waals surface area contributed by atoms with Gasteiger partial charge in [0.15, 0.2) is 0 Å². The number of imide groups is 1. The standard InChI is InChI=1S/C15H23N3O3/c1-10-4-6-11(7-5-10)16-13(19)9-18-14(20)12-3-2-8-17(12)15(18)21/h10-12H,2-9H2,1H3,(H,16,19).